The first-order valence-corrected chi connectivity index (χ1v) is 6.94. The maximum absolute atomic E-state index is 12.2. The zero-order valence-corrected chi connectivity index (χ0v) is 11.8. The highest BCUT2D eigenvalue weighted by Gasteiger charge is 2.29. The van der Waals surface area contributed by atoms with Crippen molar-refractivity contribution in [3.05, 3.63) is 28.3 Å². The molecule has 9 heteroatoms. The summed E-state index contributed by atoms with van der Waals surface area (Å²) in [6, 6.07) is 5.32. The number of hydrogen-bond acceptors (Lipinski definition) is 6. The van der Waals surface area contributed by atoms with E-state index in [1.54, 1.807) is 0 Å². The Bertz CT molecular complexity index is 651. The highest BCUT2D eigenvalue weighted by molar-refractivity contribution is 7.89. The maximum Gasteiger partial charge on any atom is 0.293 e. The average molecular weight is 299 g/mol. The van der Waals surface area contributed by atoms with Gasteiger partial charge in [0, 0.05) is 20.0 Å². The van der Waals surface area contributed by atoms with Gasteiger partial charge in [-0.2, -0.15) is 9.57 Å². The number of ether oxygens (including phenoxy) is 1. The summed E-state index contributed by atoms with van der Waals surface area (Å²) in [5, 5.41) is 19.5. The molecule has 0 spiro atoms. The fraction of sp³-hybridized carbons (Fsp3) is 0.364. The molecule has 8 nitrogen and oxygen atoms in total. The summed E-state index contributed by atoms with van der Waals surface area (Å²) in [4.78, 5) is 9.78. The van der Waals surface area contributed by atoms with Crippen molar-refractivity contribution in [3.8, 4) is 11.8 Å². The van der Waals surface area contributed by atoms with Crippen molar-refractivity contribution in [2.24, 2.45) is 0 Å². The summed E-state index contributed by atoms with van der Waals surface area (Å²) >= 11 is 0. The number of nitro groups is 1. The SMILES string of the molecule is COc1ccc(S(=O)(=O)N(C)CCC#N)c([N+](=O)[O-])c1. The van der Waals surface area contributed by atoms with Gasteiger partial charge in [0.1, 0.15) is 5.75 Å². The van der Waals surface area contributed by atoms with Crippen LogP contribution in [0.3, 0.4) is 0 Å². The number of rotatable bonds is 6. The molecule has 0 aliphatic rings. The zero-order valence-electron chi connectivity index (χ0n) is 10.9. The molecule has 1 aromatic rings. The lowest BCUT2D eigenvalue weighted by atomic mass is 10.3. The molecule has 1 aromatic carbocycles. The van der Waals surface area contributed by atoms with Crippen LogP contribution in [0.4, 0.5) is 5.69 Å². The smallest absolute Gasteiger partial charge is 0.293 e. The van der Waals surface area contributed by atoms with E-state index in [0.717, 1.165) is 16.4 Å². The van der Waals surface area contributed by atoms with Crippen molar-refractivity contribution in [3.63, 3.8) is 0 Å². The molecule has 0 aliphatic heterocycles. The van der Waals surface area contributed by atoms with Crippen molar-refractivity contribution in [2.75, 3.05) is 20.7 Å². The van der Waals surface area contributed by atoms with Gasteiger partial charge in [0.2, 0.25) is 10.0 Å². The van der Waals surface area contributed by atoms with Gasteiger partial charge in [-0.3, -0.25) is 10.1 Å². The molecular weight excluding hydrogens is 286 g/mol. The summed E-state index contributed by atoms with van der Waals surface area (Å²) in [7, 11) is -1.44. The number of nitro benzene ring substituents is 1. The van der Waals surface area contributed by atoms with Crippen LogP contribution in [0, 0.1) is 21.4 Å². The molecule has 0 amide bonds. The molecule has 0 unspecified atom stereocenters. The Kier molecular flexibility index (Phi) is 5.01. The Morgan fingerprint density at radius 2 is 2.15 bits per heavy atom. The van der Waals surface area contributed by atoms with E-state index in [0.29, 0.717) is 0 Å². The molecule has 108 valence electrons. The van der Waals surface area contributed by atoms with Gasteiger partial charge in [-0.1, -0.05) is 0 Å². The number of nitrogens with zero attached hydrogens (tertiary/aromatic N) is 3. The van der Waals surface area contributed by atoms with Crippen molar-refractivity contribution >= 4 is 15.7 Å². The van der Waals surface area contributed by atoms with Gasteiger partial charge in [-0.05, 0) is 12.1 Å². The Morgan fingerprint density at radius 3 is 2.65 bits per heavy atom. The number of sulfonamides is 1. The molecule has 1 rings (SSSR count). The van der Waals surface area contributed by atoms with E-state index in [9.17, 15) is 18.5 Å². The van der Waals surface area contributed by atoms with Crippen molar-refractivity contribution in [1.82, 2.24) is 4.31 Å². The molecule has 0 fully saturated rings. The first-order valence-electron chi connectivity index (χ1n) is 5.50. The van der Waals surface area contributed by atoms with Gasteiger partial charge in [0.15, 0.2) is 4.90 Å². The molecule has 0 heterocycles. The van der Waals surface area contributed by atoms with Gasteiger partial charge >= 0.3 is 0 Å². The normalized spacial score (nSPS) is 11.1. The van der Waals surface area contributed by atoms with Crippen LogP contribution in [0.1, 0.15) is 6.42 Å². The molecule has 0 saturated carbocycles. The summed E-state index contributed by atoms with van der Waals surface area (Å²) in [5.41, 5.74) is -0.562. The third-order valence-corrected chi connectivity index (χ3v) is 4.49. The van der Waals surface area contributed by atoms with Crippen LogP contribution in [0.15, 0.2) is 23.1 Å². The first-order chi connectivity index (χ1) is 9.34. The highest BCUT2D eigenvalue weighted by atomic mass is 32.2. The van der Waals surface area contributed by atoms with Crippen molar-refractivity contribution in [2.45, 2.75) is 11.3 Å². The third-order valence-electron chi connectivity index (χ3n) is 2.59. The molecule has 20 heavy (non-hydrogen) atoms. The molecule has 0 aliphatic carbocycles. The van der Waals surface area contributed by atoms with Gasteiger partial charge in [0.25, 0.3) is 5.69 Å². The number of methoxy groups -OCH3 is 1. The van der Waals surface area contributed by atoms with Gasteiger partial charge in [0.05, 0.1) is 24.2 Å². The van der Waals surface area contributed by atoms with E-state index in [1.807, 2.05) is 6.07 Å². The Labute approximate surface area is 116 Å². The van der Waals surface area contributed by atoms with E-state index >= 15 is 0 Å². The number of benzene rings is 1. The minimum Gasteiger partial charge on any atom is -0.497 e. The van der Waals surface area contributed by atoms with Crippen LogP contribution >= 0.6 is 0 Å². The van der Waals surface area contributed by atoms with Gasteiger partial charge in [-0.15, -0.1) is 0 Å². The minimum atomic E-state index is -4.03. The van der Waals surface area contributed by atoms with Crippen LogP contribution in [-0.2, 0) is 10.0 Å². The second-order valence-corrected chi connectivity index (χ2v) is 5.84. The van der Waals surface area contributed by atoms with Crippen molar-refractivity contribution in [1.29, 1.82) is 5.26 Å². The summed E-state index contributed by atoms with van der Waals surface area (Å²) < 4.78 is 30.2. The number of nitriles is 1. The van der Waals surface area contributed by atoms with E-state index < -0.39 is 25.5 Å². The largest absolute Gasteiger partial charge is 0.497 e. The molecule has 0 bridgehead atoms. The predicted molar refractivity (Wildman–Crippen MR) is 69.7 cm³/mol. The second kappa shape index (κ2) is 6.31. The van der Waals surface area contributed by atoms with E-state index in [-0.39, 0.29) is 18.7 Å². The third kappa shape index (κ3) is 3.23. The standard InChI is InChI=1S/C11H13N3O5S/c1-13(7-3-6-12)20(17,18)11-5-4-9(19-2)8-10(11)14(15)16/h4-5,8H,3,7H2,1-2H3. The monoisotopic (exact) mass is 299 g/mol. The Hall–Kier alpha value is -2.18. The summed E-state index contributed by atoms with van der Waals surface area (Å²) in [6.45, 7) is -0.0397. The molecule has 0 saturated heterocycles. The lowest BCUT2D eigenvalue weighted by Crippen LogP contribution is -2.28. The second-order valence-electron chi connectivity index (χ2n) is 3.83. The predicted octanol–water partition coefficient (Wildman–Crippen LogP) is 1.14. The average Bonchev–Trinajstić information content (AvgIpc) is 2.43. The molecule has 0 N–H and O–H groups in total. The summed E-state index contributed by atoms with van der Waals surface area (Å²) in [6.07, 6.45) is -0.000315. The van der Waals surface area contributed by atoms with Crippen LogP contribution in [0.5, 0.6) is 5.75 Å². The van der Waals surface area contributed by atoms with Crippen LogP contribution in [-0.4, -0.2) is 38.3 Å². The molecular formula is C11H13N3O5S. The minimum absolute atomic E-state index is 0.000315. The molecule has 0 atom stereocenters. The zero-order chi connectivity index (χ0) is 15.3. The van der Waals surface area contributed by atoms with E-state index in [2.05, 4.69) is 0 Å². The van der Waals surface area contributed by atoms with Crippen LogP contribution in [0.25, 0.3) is 0 Å². The highest BCUT2D eigenvalue weighted by Crippen LogP contribution is 2.30. The summed E-state index contributed by atoms with van der Waals surface area (Å²) in [5.74, 6) is 0.190. The van der Waals surface area contributed by atoms with Crippen LogP contribution < -0.4 is 4.74 Å². The molecule has 0 aromatic heterocycles. The maximum atomic E-state index is 12.2. The van der Waals surface area contributed by atoms with Crippen molar-refractivity contribution < 1.29 is 18.1 Å². The first kappa shape index (κ1) is 15.9. The van der Waals surface area contributed by atoms with Crippen LogP contribution in [0.2, 0.25) is 0 Å². The van der Waals surface area contributed by atoms with E-state index in [4.69, 9.17) is 10.00 Å². The fourth-order valence-electron chi connectivity index (χ4n) is 1.48. The quantitative estimate of drug-likeness (QED) is 0.574. The lowest BCUT2D eigenvalue weighted by molar-refractivity contribution is -0.387. The van der Waals surface area contributed by atoms with Gasteiger partial charge in [-0.25, -0.2) is 8.42 Å². The fourth-order valence-corrected chi connectivity index (χ4v) is 2.79. The Morgan fingerprint density at radius 1 is 1.50 bits per heavy atom. The van der Waals surface area contributed by atoms with Gasteiger partial charge < -0.3 is 4.74 Å². The number of hydrogen-bond donors (Lipinski definition) is 0. The van der Waals surface area contributed by atoms with E-state index in [1.165, 1.54) is 20.2 Å². The molecule has 0 radical (unpaired) electrons. The Balaban J connectivity index is 3.31. The lowest BCUT2D eigenvalue weighted by Gasteiger charge is -2.15. The topological polar surface area (TPSA) is 114 Å².